The lowest BCUT2D eigenvalue weighted by atomic mass is 10.1. The van der Waals surface area contributed by atoms with Gasteiger partial charge in [0.05, 0.1) is 12.8 Å². The summed E-state index contributed by atoms with van der Waals surface area (Å²) >= 11 is 1.65. The van der Waals surface area contributed by atoms with Gasteiger partial charge in [-0.2, -0.15) is 0 Å². The number of esters is 1. The predicted molar refractivity (Wildman–Crippen MR) is 120 cm³/mol. The number of pyridine rings is 1. The zero-order valence-electron chi connectivity index (χ0n) is 16.9. The third-order valence-corrected chi connectivity index (χ3v) is 5.81. The van der Waals surface area contributed by atoms with E-state index in [0.717, 1.165) is 22.0 Å². The first-order valence-electron chi connectivity index (χ1n) is 9.73. The van der Waals surface area contributed by atoms with Crippen molar-refractivity contribution in [3.05, 3.63) is 102 Å². The lowest BCUT2D eigenvalue weighted by Crippen LogP contribution is -2.34. The van der Waals surface area contributed by atoms with Crippen molar-refractivity contribution in [1.82, 2.24) is 14.7 Å². The number of methoxy groups -OCH3 is 1. The monoisotopic (exact) mass is 431 g/mol. The molecule has 2 heterocycles. The second-order valence-corrected chi connectivity index (χ2v) is 7.90. The molecular weight excluding hydrogens is 410 g/mol. The van der Waals surface area contributed by atoms with Crippen LogP contribution in [0.3, 0.4) is 0 Å². The molecule has 0 saturated carbocycles. The number of benzene rings is 2. The number of fused-ring (bicyclic) bond motifs is 1. The van der Waals surface area contributed by atoms with Crippen LogP contribution in [0.2, 0.25) is 0 Å². The molecule has 156 valence electrons. The van der Waals surface area contributed by atoms with E-state index in [9.17, 15) is 9.59 Å². The van der Waals surface area contributed by atoms with Crippen LogP contribution in [0.25, 0.3) is 5.65 Å². The van der Waals surface area contributed by atoms with E-state index in [1.165, 1.54) is 7.11 Å². The van der Waals surface area contributed by atoms with Gasteiger partial charge in [0.15, 0.2) is 6.04 Å². The quantitative estimate of drug-likeness (QED) is 0.349. The summed E-state index contributed by atoms with van der Waals surface area (Å²) in [5, 5.41) is 2.76. The summed E-state index contributed by atoms with van der Waals surface area (Å²) in [7, 11) is 1.31. The van der Waals surface area contributed by atoms with Gasteiger partial charge in [-0.25, -0.2) is 9.78 Å². The molecule has 0 aliphatic heterocycles. The maximum Gasteiger partial charge on any atom is 0.333 e. The molecule has 0 aliphatic rings. The van der Waals surface area contributed by atoms with Crippen molar-refractivity contribution in [3.8, 4) is 0 Å². The summed E-state index contributed by atoms with van der Waals surface area (Å²) < 4.78 is 6.85. The lowest BCUT2D eigenvalue weighted by molar-refractivity contribution is -0.143. The van der Waals surface area contributed by atoms with Crippen molar-refractivity contribution in [2.75, 3.05) is 7.11 Å². The molecule has 4 aromatic rings. The summed E-state index contributed by atoms with van der Waals surface area (Å²) in [6.07, 6.45) is 3.99. The van der Waals surface area contributed by atoms with Gasteiger partial charge in [0.2, 0.25) is 0 Å². The number of ether oxygens (including phenoxy) is 1. The van der Waals surface area contributed by atoms with Crippen molar-refractivity contribution in [1.29, 1.82) is 0 Å². The minimum absolute atomic E-state index is 0.337. The Morgan fingerprint density at radius 2 is 1.77 bits per heavy atom. The molecule has 6 nitrogen and oxygen atoms in total. The van der Waals surface area contributed by atoms with Crippen LogP contribution in [-0.4, -0.2) is 28.4 Å². The highest BCUT2D eigenvalue weighted by molar-refractivity contribution is 7.98. The molecule has 31 heavy (non-hydrogen) atoms. The Morgan fingerprint density at radius 1 is 1.03 bits per heavy atom. The SMILES string of the molecule is COC(=O)C(NC(=O)c1ccc(SCc2cn3ccccc3n2)cc1)c1ccccc1. The molecule has 2 aromatic carbocycles. The van der Waals surface area contributed by atoms with Crippen LogP contribution in [-0.2, 0) is 15.3 Å². The molecule has 2 aromatic heterocycles. The van der Waals surface area contributed by atoms with Crippen molar-refractivity contribution in [2.24, 2.45) is 0 Å². The van der Waals surface area contributed by atoms with E-state index in [2.05, 4.69) is 10.3 Å². The third kappa shape index (κ3) is 4.95. The summed E-state index contributed by atoms with van der Waals surface area (Å²) in [6.45, 7) is 0. The molecule has 1 amide bonds. The van der Waals surface area contributed by atoms with E-state index in [1.807, 2.05) is 65.3 Å². The second kappa shape index (κ2) is 9.49. The fourth-order valence-electron chi connectivity index (χ4n) is 3.17. The van der Waals surface area contributed by atoms with Gasteiger partial charge >= 0.3 is 5.97 Å². The average molecular weight is 432 g/mol. The normalized spacial score (nSPS) is 11.8. The first kappa shape index (κ1) is 20.7. The highest BCUT2D eigenvalue weighted by atomic mass is 32.2. The number of hydrogen-bond donors (Lipinski definition) is 1. The number of amides is 1. The molecule has 7 heteroatoms. The molecule has 1 unspecified atom stereocenters. The predicted octanol–water partition coefficient (Wildman–Crippen LogP) is 4.27. The summed E-state index contributed by atoms with van der Waals surface area (Å²) in [5.41, 5.74) is 3.05. The number of thioether (sulfide) groups is 1. The largest absolute Gasteiger partial charge is 0.467 e. The Labute approximate surface area is 184 Å². The van der Waals surface area contributed by atoms with E-state index in [0.29, 0.717) is 11.1 Å². The number of hydrogen-bond acceptors (Lipinski definition) is 5. The van der Waals surface area contributed by atoms with Gasteiger partial charge in [-0.05, 0) is 42.0 Å². The number of imidazole rings is 1. The molecule has 0 bridgehead atoms. The minimum atomic E-state index is -0.859. The van der Waals surface area contributed by atoms with Crippen LogP contribution in [0.1, 0.15) is 27.7 Å². The molecule has 1 atom stereocenters. The van der Waals surface area contributed by atoms with Crippen LogP contribution in [0.4, 0.5) is 0 Å². The Morgan fingerprint density at radius 3 is 2.48 bits per heavy atom. The lowest BCUT2D eigenvalue weighted by Gasteiger charge is -2.17. The number of nitrogens with zero attached hydrogens (tertiary/aromatic N) is 2. The third-order valence-electron chi connectivity index (χ3n) is 4.76. The van der Waals surface area contributed by atoms with Gasteiger partial charge in [0.25, 0.3) is 5.91 Å². The van der Waals surface area contributed by atoms with E-state index >= 15 is 0 Å². The fourth-order valence-corrected chi connectivity index (χ4v) is 3.95. The Bertz CT molecular complexity index is 1160. The van der Waals surface area contributed by atoms with Crippen molar-refractivity contribution < 1.29 is 14.3 Å². The Kier molecular flexibility index (Phi) is 6.33. The number of nitrogens with one attached hydrogen (secondary N) is 1. The first-order chi connectivity index (χ1) is 15.1. The van der Waals surface area contributed by atoms with E-state index < -0.39 is 12.0 Å². The highest BCUT2D eigenvalue weighted by Gasteiger charge is 2.23. The van der Waals surface area contributed by atoms with Gasteiger partial charge in [-0.15, -0.1) is 11.8 Å². The Hall–Kier alpha value is -3.58. The van der Waals surface area contributed by atoms with E-state index in [1.54, 1.807) is 36.0 Å². The fraction of sp³-hybridized carbons (Fsp3) is 0.125. The summed E-state index contributed by atoms with van der Waals surface area (Å²) in [6, 6.07) is 21.4. The molecule has 0 radical (unpaired) electrons. The zero-order valence-corrected chi connectivity index (χ0v) is 17.7. The Balaban J connectivity index is 1.40. The molecule has 4 rings (SSSR count). The molecule has 0 fully saturated rings. The molecule has 0 saturated heterocycles. The maximum atomic E-state index is 12.7. The number of aromatic nitrogens is 2. The minimum Gasteiger partial charge on any atom is -0.467 e. The van der Waals surface area contributed by atoms with Crippen LogP contribution >= 0.6 is 11.8 Å². The smallest absolute Gasteiger partial charge is 0.333 e. The molecule has 0 aliphatic carbocycles. The van der Waals surface area contributed by atoms with Gasteiger partial charge < -0.3 is 14.5 Å². The van der Waals surface area contributed by atoms with Crippen LogP contribution in [0.15, 0.2) is 90.1 Å². The number of carbonyl (C=O) groups is 2. The average Bonchev–Trinajstić information content (AvgIpc) is 3.24. The second-order valence-electron chi connectivity index (χ2n) is 6.85. The van der Waals surface area contributed by atoms with E-state index in [-0.39, 0.29) is 5.91 Å². The van der Waals surface area contributed by atoms with Gasteiger partial charge in [-0.1, -0.05) is 36.4 Å². The van der Waals surface area contributed by atoms with Crippen LogP contribution < -0.4 is 5.32 Å². The van der Waals surface area contributed by atoms with E-state index in [4.69, 9.17) is 4.74 Å². The van der Waals surface area contributed by atoms with Gasteiger partial charge in [0.1, 0.15) is 5.65 Å². The first-order valence-corrected chi connectivity index (χ1v) is 10.7. The van der Waals surface area contributed by atoms with Gasteiger partial charge in [-0.3, -0.25) is 4.79 Å². The molecule has 0 spiro atoms. The van der Waals surface area contributed by atoms with Gasteiger partial charge in [0, 0.05) is 28.6 Å². The van der Waals surface area contributed by atoms with Crippen LogP contribution in [0.5, 0.6) is 0 Å². The summed E-state index contributed by atoms with van der Waals surface area (Å²) in [4.78, 5) is 30.5. The van der Waals surface area contributed by atoms with Crippen molar-refractivity contribution in [2.45, 2.75) is 16.7 Å². The number of carbonyl (C=O) groups excluding carboxylic acids is 2. The summed E-state index contributed by atoms with van der Waals surface area (Å²) in [5.74, 6) is -0.124. The van der Waals surface area contributed by atoms with Crippen molar-refractivity contribution in [3.63, 3.8) is 0 Å². The molecule has 1 N–H and O–H groups in total. The standard InChI is InChI=1S/C24H21N3O3S/c1-30-24(29)22(17-7-3-2-4-8-17)26-23(28)18-10-12-20(13-11-18)31-16-19-15-27-14-6-5-9-21(27)25-19/h2-15,22H,16H2,1H3,(H,26,28). The highest BCUT2D eigenvalue weighted by Crippen LogP contribution is 2.23. The van der Waals surface area contributed by atoms with Crippen LogP contribution in [0, 0.1) is 0 Å². The zero-order chi connectivity index (χ0) is 21.6. The topological polar surface area (TPSA) is 72.7 Å². The molecular formula is C24H21N3O3S. The number of rotatable bonds is 7. The van der Waals surface area contributed by atoms with Crippen molar-refractivity contribution >= 4 is 29.3 Å². The maximum absolute atomic E-state index is 12.7.